The Morgan fingerprint density at radius 1 is 1.29 bits per heavy atom. The number of ether oxygens (including phenoxy) is 1. The molecule has 0 aromatic heterocycles. The molecule has 0 radical (unpaired) electrons. The summed E-state index contributed by atoms with van der Waals surface area (Å²) in [4.78, 5) is 11.2. The van der Waals surface area contributed by atoms with Crippen molar-refractivity contribution in [3.63, 3.8) is 0 Å². The van der Waals surface area contributed by atoms with Crippen LogP contribution in [-0.4, -0.2) is 25.2 Å². The molecule has 0 aromatic rings. The van der Waals surface area contributed by atoms with Crippen molar-refractivity contribution in [1.82, 2.24) is 5.32 Å². The van der Waals surface area contributed by atoms with Crippen molar-refractivity contribution in [3.8, 4) is 0 Å². The van der Waals surface area contributed by atoms with E-state index in [0.717, 1.165) is 12.8 Å². The molecular formula is C11H23NO2. The number of hydrogen-bond acceptors (Lipinski definition) is 3. The van der Waals surface area contributed by atoms with Crippen molar-refractivity contribution >= 4 is 5.97 Å². The van der Waals surface area contributed by atoms with Gasteiger partial charge in [0.2, 0.25) is 0 Å². The molecular weight excluding hydrogens is 178 g/mol. The summed E-state index contributed by atoms with van der Waals surface area (Å²) in [6.45, 7) is 8.22. The summed E-state index contributed by atoms with van der Waals surface area (Å²) >= 11 is 0. The summed E-state index contributed by atoms with van der Waals surface area (Å²) in [6.07, 6.45) is 2.18. The van der Waals surface area contributed by atoms with E-state index in [1.165, 1.54) is 7.11 Å². The van der Waals surface area contributed by atoms with Gasteiger partial charge in [-0.15, -0.1) is 0 Å². The summed E-state index contributed by atoms with van der Waals surface area (Å²) in [7, 11) is 1.43. The van der Waals surface area contributed by atoms with Crippen LogP contribution in [0.3, 0.4) is 0 Å². The number of nitrogens with one attached hydrogen (secondary N) is 1. The maximum Gasteiger partial charge on any atom is 0.309 e. The van der Waals surface area contributed by atoms with Crippen LogP contribution in [0.4, 0.5) is 0 Å². The predicted molar refractivity (Wildman–Crippen MR) is 58.1 cm³/mol. The van der Waals surface area contributed by atoms with Crippen molar-refractivity contribution in [1.29, 1.82) is 0 Å². The van der Waals surface area contributed by atoms with Gasteiger partial charge in [-0.3, -0.25) is 4.79 Å². The van der Waals surface area contributed by atoms with Gasteiger partial charge >= 0.3 is 5.97 Å². The van der Waals surface area contributed by atoms with Gasteiger partial charge in [0, 0.05) is 12.1 Å². The van der Waals surface area contributed by atoms with Gasteiger partial charge in [0.1, 0.15) is 0 Å². The van der Waals surface area contributed by atoms with E-state index in [2.05, 4.69) is 19.2 Å². The molecule has 0 aliphatic heterocycles. The maximum atomic E-state index is 11.2. The van der Waals surface area contributed by atoms with Gasteiger partial charge in [0.25, 0.3) is 0 Å². The smallest absolute Gasteiger partial charge is 0.309 e. The lowest BCUT2D eigenvalue weighted by atomic mass is 10.0. The quantitative estimate of drug-likeness (QED) is 0.668. The predicted octanol–water partition coefficient (Wildman–Crippen LogP) is 1.96. The Morgan fingerprint density at radius 3 is 2.14 bits per heavy atom. The first-order chi connectivity index (χ1) is 6.56. The molecule has 0 saturated carbocycles. The summed E-state index contributed by atoms with van der Waals surface area (Å²) < 4.78 is 4.70. The van der Waals surface area contributed by atoms with E-state index in [9.17, 15) is 4.79 Å². The lowest BCUT2D eigenvalue weighted by Gasteiger charge is -2.24. The van der Waals surface area contributed by atoms with E-state index in [0.29, 0.717) is 6.04 Å². The fourth-order valence-electron chi connectivity index (χ4n) is 1.43. The summed E-state index contributed by atoms with van der Waals surface area (Å²) in [5, 5.41) is 3.43. The summed E-state index contributed by atoms with van der Waals surface area (Å²) in [6, 6.07) is 0.671. The van der Waals surface area contributed by atoms with E-state index >= 15 is 0 Å². The van der Waals surface area contributed by atoms with Gasteiger partial charge in [-0.05, 0) is 19.8 Å². The molecule has 2 unspecified atom stereocenters. The lowest BCUT2D eigenvalue weighted by molar-refractivity contribution is -0.145. The molecule has 0 bridgehead atoms. The summed E-state index contributed by atoms with van der Waals surface area (Å²) in [5.74, 6) is -0.225. The molecule has 0 amide bonds. The normalized spacial score (nSPS) is 15.3. The number of methoxy groups -OCH3 is 1. The molecule has 0 rings (SSSR count). The molecule has 3 nitrogen and oxygen atoms in total. The molecule has 0 fully saturated rings. The number of carbonyl (C=O) groups excluding carboxylic acids is 1. The molecule has 3 heteroatoms. The van der Waals surface area contributed by atoms with Crippen molar-refractivity contribution in [2.45, 2.75) is 52.6 Å². The highest BCUT2D eigenvalue weighted by molar-refractivity contribution is 5.72. The van der Waals surface area contributed by atoms with Crippen LogP contribution in [-0.2, 0) is 9.53 Å². The Kier molecular flexibility index (Phi) is 6.54. The van der Waals surface area contributed by atoms with Crippen LogP contribution in [0.15, 0.2) is 0 Å². The van der Waals surface area contributed by atoms with E-state index in [4.69, 9.17) is 4.74 Å². The molecule has 0 saturated heterocycles. The zero-order chi connectivity index (χ0) is 11.1. The minimum Gasteiger partial charge on any atom is -0.469 e. The number of esters is 1. The first-order valence-electron chi connectivity index (χ1n) is 5.40. The fourth-order valence-corrected chi connectivity index (χ4v) is 1.43. The van der Waals surface area contributed by atoms with E-state index in [1.54, 1.807) is 0 Å². The van der Waals surface area contributed by atoms with Crippen molar-refractivity contribution < 1.29 is 9.53 Å². The lowest BCUT2D eigenvalue weighted by Crippen LogP contribution is -2.42. The highest BCUT2D eigenvalue weighted by Crippen LogP contribution is 2.07. The Bertz CT molecular complexity index is 167. The average Bonchev–Trinajstić information content (AvgIpc) is 2.23. The van der Waals surface area contributed by atoms with Crippen molar-refractivity contribution in [3.05, 3.63) is 0 Å². The number of carbonyl (C=O) groups is 1. The molecule has 84 valence electrons. The third-order valence-corrected chi connectivity index (χ3v) is 2.81. The Morgan fingerprint density at radius 2 is 1.79 bits per heavy atom. The van der Waals surface area contributed by atoms with Gasteiger partial charge in [-0.25, -0.2) is 0 Å². The number of rotatable bonds is 6. The molecule has 0 heterocycles. The van der Waals surface area contributed by atoms with Gasteiger partial charge < -0.3 is 10.1 Å². The minimum absolute atomic E-state index is 0.0828. The average molecular weight is 201 g/mol. The first kappa shape index (κ1) is 13.4. The highest BCUT2D eigenvalue weighted by Gasteiger charge is 2.21. The van der Waals surface area contributed by atoms with Crippen molar-refractivity contribution in [2.24, 2.45) is 5.92 Å². The Hall–Kier alpha value is -0.570. The topological polar surface area (TPSA) is 38.3 Å². The third-order valence-electron chi connectivity index (χ3n) is 2.81. The van der Waals surface area contributed by atoms with Crippen LogP contribution in [0.1, 0.15) is 40.5 Å². The van der Waals surface area contributed by atoms with Gasteiger partial charge in [0.05, 0.1) is 13.0 Å². The second-order valence-electron chi connectivity index (χ2n) is 3.78. The molecule has 14 heavy (non-hydrogen) atoms. The fraction of sp³-hybridized carbons (Fsp3) is 0.909. The number of hydrogen-bond donors (Lipinski definition) is 1. The second kappa shape index (κ2) is 6.82. The molecule has 0 spiro atoms. The van der Waals surface area contributed by atoms with Gasteiger partial charge in [-0.2, -0.15) is 0 Å². The van der Waals surface area contributed by atoms with Gasteiger partial charge in [-0.1, -0.05) is 20.8 Å². The van der Waals surface area contributed by atoms with E-state index in [1.807, 2.05) is 13.8 Å². The van der Waals surface area contributed by atoms with Crippen LogP contribution in [0, 0.1) is 5.92 Å². The Balaban J connectivity index is 4.05. The van der Waals surface area contributed by atoms with E-state index in [-0.39, 0.29) is 17.9 Å². The van der Waals surface area contributed by atoms with E-state index < -0.39 is 0 Å². The monoisotopic (exact) mass is 201 g/mol. The van der Waals surface area contributed by atoms with Crippen LogP contribution in [0.25, 0.3) is 0 Å². The third kappa shape index (κ3) is 4.09. The molecule has 0 aromatic carbocycles. The van der Waals surface area contributed by atoms with Gasteiger partial charge in [0.15, 0.2) is 0 Å². The molecule has 1 N–H and O–H groups in total. The van der Waals surface area contributed by atoms with Crippen LogP contribution < -0.4 is 5.32 Å². The SMILES string of the molecule is CCC(CC)NC(C)C(C)C(=O)OC. The van der Waals surface area contributed by atoms with Crippen LogP contribution in [0.5, 0.6) is 0 Å². The van der Waals surface area contributed by atoms with Crippen molar-refractivity contribution in [2.75, 3.05) is 7.11 Å². The van der Waals surface area contributed by atoms with Crippen LogP contribution >= 0.6 is 0 Å². The zero-order valence-electron chi connectivity index (χ0n) is 9.96. The first-order valence-corrected chi connectivity index (χ1v) is 5.40. The summed E-state index contributed by atoms with van der Waals surface area (Å²) in [5.41, 5.74) is 0. The Labute approximate surface area is 87.2 Å². The molecule has 2 atom stereocenters. The zero-order valence-corrected chi connectivity index (χ0v) is 9.96. The molecule has 0 aliphatic rings. The standard InChI is InChI=1S/C11H23NO2/c1-6-10(7-2)12-9(4)8(3)11(13)14-5/h8-10,12H,6-7H2,1-5H3. The van der Waals surface area contributed by atoms with Crippen LogP contribution in [0.2, 0.25) is 0 Å². The largest absolute Gasteiger partial charge is 0.469 e. The second-order valence-corrected chi connectivity index (χ2v) is 3.78. The molecule has 0 aliphatic carbocycles. The maximum absolute atomic E-state index is 11.2. The highest BCUT2D eigenvalue weighted by atomic mass is 16.5. The minimum atomic E-state index is -0.143.